The molecule has 0 aromatic rings. The monoisotopic (exact) mass is 152 g/mol. The summed E-state index contributed by atoms with van der Waals surface area (Å²) < 4.78 is 4.84. The number of rotatable bonds is 0. The summed E-state index contributed by atoms with van der Waals surface area (Å²) in [5.41, 5.74) is -1.08. The number of hydrogen-bond acceptors (Lipinski definition) is 3. The van der Waals surface area contributed by atoms with Gasteiger partial charge in [-0.25, -0.2) is 0 Å². The van der Waals surface area contributed by atoms with Crippen LogP contribution in [0.2, 0.25) is 0 Å². The lowest BCUT2D eigenvalue weighted by molar-refractivity contribution is -0.140. The molecule has 1 heterocycles. The molecule has 2 rings (SSSR count). The van der Waals surface area contributed by atoms with Gasteiger partial charge >= 0.3 is 5.97 Å². The Kier molecular flexibility index (Phi) is 1.17. The summed E-state index contributed by atoms with van der Waals surface area (Å²) in [7, 11) is 0. The molecule has 1 aliphatic heterocycles. The van der Waals surface area contributed by atoms with E-state index in [9.17, 15) is 9.90 Å². The fraction of sp³-hybridized carbons (Fsp3) is 0.375. The van der Waals surface area contributed by atoms with Crippen molar-refractivity contribution >= 4 is 5.97 Å². The number of ether oxygens (including phenoxy) is 1. The maximum absolute atomic E-state index is 10.8. The van der Waals surface area contributed by atoms with E-state index >= 15 is 0 Å². The van der Waals surface area contributed by atoms with Crippen LogP contribution in [0.15, 0.2) is 24.3 Å². The second kappa shape index (κ2) is 1.95. The number of aliphatic hydroxyl groups is 1. The Balaban J connectivity index is 2.34. The summed E-state index contributed by atoms with van der Waals surface area (Å²) in [5, 5.41) is 9.70. The number of fused-ring (bicyclic) bond motifs is 1. The molecule has 58 valence electrons. The maximum atomic E-state index is 10.8. The molecule has 0 radical (unpaired) electrons. The Labute approximate surface area is 64.0 Å². The van der Waals surface area contributed by atoms with Crippen LogP contribution < -0.4 is 0 Å². The fourth-order valence-electron chi connectivity index (χ4n) is 1.36. The van der Waals surface area contributed by atoms with E-state index in [2.05, 4.69) is 0 Å². The Morgan fingerprint density at radius 2 is 2.45 bits per heavy atom. The summed E-state index contributed by atoms with van der Waals surface area (Å²) in [6, 6.07) is 0. The van der Waals surface area contributed by atoms with Crippen molar-refractivity contribution in [1.29, 1.82) is 0 Å². The largest absolute Gasteiger partial charge is 0.455 e. The van der Waals surface area contributed by atoms with E-state index < -0.39 is 11.7 Å². The van der Waals surface area contributed by atoms with E-state index in [0.717, 1.165) is 0 Å². The Bertz CT molecular complexity index is 254. The average Bonchev–Trinajstić information content (AvgIpc) is 2.22. The second-order valence-corrected chi connectivity index (χ2v) is 2.82. The van der Waals surface area contributed by atoms with Gasteiger partial charge in [-0.2, -0.15) is 0 Å². The third-order valence-corrected chi connectivity index (χ3v) is 1.96. The smallest absolute Gasteiger partial charge is 0.309 e. The van der Waals surface area contributed by atoms with Gasteiger partial charge in [-0.05, 0) is 12.2 Å². The lowest BCUT2D eigenvalue weighted by atomic mass is 9.92. The Morgan fingerprint density at radius 1 is 1.64 bits per heavy atom. The Morgan fingerprint density at radius 3 is 3.18 bits per heavy atom. The van der Waals surface area contributed by atoms with Gasteiger partial charge in [0.15, 0.2) is 6.10 Å². The van der Waals surface area contributed by atoms with Gasteiger partial charge < -0.3 is 9.84 Å². The third kappa shape index (κ3) is 0.886. The van der Waals surface area contributed by atoms with Gasteiger partial charge in [-0.1, -0.05) is 12.2 Å². The zero-order chi connectivity index (χ0) is 7.90. The molecule has 2 aliphatic rings. The minimum atomic E-state index is -1.08. The lowest BCUT2D eigenvalue weighted by Gasteiger charge is -2.22. The molecule has 1 aliphatic carbocycles. The highest BCUT2D eigenvalue weighted by Gasteiger charge is 2.45. The molecular formula is C8H8O3. The van der Waals surface area contributed by atoms with Crippen molar-refractivity contribution in [1.82, 2.24) is 0 Å². The van der Waals surface area contributed by atoms with Crippen LogP contribution in [0.25, 0.3) is 0 Å². The molecular weight excluding hydrogens is 144 g/mol. The molecule has 0 spiro atoms. The molecule has 11 heavy (non-hydrogen) atoms. The Hall–Kier alpha value is -1.09. The number of esters is 1. The highest BCUT2D eigenvalue weighted by atomic mass is 16.6. The van der Waals surface area contributed by atoms with Gasteiger partial charge in [0.05, 0.1) is 6.42 Å². The van der Waals surface area contributed by atoms with Crippen LogP contribution in [0.3, 0.4) is 0 Å². The number of carbonyl (C=O) groups is 1. The van der Waals surface area contributed by atoms with Crippen LogP contribution in [-0.2, 0) is 9.53 Å². The summed E-state index contributed by atoms with van der Waals surface area (Å²) in [6.45, 7) is 0. The van der Waals surface area contributed by atoms with Gasteiger partial charge in [-0.15, -0.1) is 0 Å². The number of allylic oxidation sites excluding steroid dienone is 2. The minimum Gasteiger partial charge on any atom is -0.455 e. The molecule has 0 unspecified atom stereocenters. The van der Waals surface area contributed by atoms with Crippen molar-refractivity contribution in [2.45, 2.75) is 18.1 Å². The molecule has 3 heteroatoms. The van der Waals surface area contributed by atoms with E-state index in [-0.39, 0.29) is 12.4 Å². The van der Waals surface area contributed by atoms with Gasteiger partial charge in [0.1, 0.15) is 5.60 Å². The summed E-state index contributed by atoms with van der Waals surface area (Å²) in [4.78, 5) is 10.8. The molecule has 0 bridgehead atoms. The predicted octanol–water partition coefficient (Wildman–Crippen LogP) is 0.159. The third-order valence-electron chi connectivity index (χ3n) is 1.96. The molecule has 0 aromatic carbocycles. The van der Waals surface area contributed by atoms with Crippen molar-refractivity contribution in [3.05, 3.63) is 24.3 Å². The molecule has 0 aromatic heterocycles. The van der Waals surface area contributed by atoms with Crippen molar-refractivity contribution < 1.29 is 14.6 Å². The van der Waals surface area contributed by atoms with E-state index in [1.54, 1.807) is 24.3 Å². The van der Waals surface area contributed by atoms with Crippen LogP contribution in [0.4, 0.5) is 0 Å². The lowest BCUT2D eigenvalue weighted by Crippen LogP contribution is -2.35. The second-order valence-electron chi connectivity index (χ2n) is 2.82. The molecule has 0 saturated carbocycles. The standard InChI is InChI=1S/C8H8O3/c9-7-5-8(10)4-2-1-3-6(8)11-7/h1-4,6,10H,5H2/t6-,8+/m0/s1. The molecule has 1 fully saturated rings. The first-order valence-corrected chi connectivity index (χ1v) is 3.49. The minimum absolute atomic E-state index is 0.0680. The highest BCUT2D eigenvalue weighted by molar-refractivity contribution is 5.75. The van der Waals surface area contributed by atoms with Crippen molar-refractivity contribution in [2.24, 2.45) is 0 Å². The van der Waals surface area contributed by atoms with Crippen LogP contribution in [0.5, 0.6) is 0 Å². The molecule has 3 nitrogen and oxygen atoms in total. The zero-order valence-electron chi connectivity index (χ0n) is 5.86. The van der Waals surface area contributed by atoms with Crippen LogP contribution >= 0.6 is 0 Å². The van der Waals surface area contributed by atoms with Gasteiger partial charge in [0.25, 0.3) is 0 Å². The van der Waals surface area contributed by atoms with Gasteiger partial charge in [0.2, 0.25) is 0 Å². The molecule has 2 atom stereocenters. The number of carbonyl (C=O) groups excluding carboxylic acids is 1. The number of hydrogen-bond donors (Lipinski definition) is 1. The zero-order valence-corrected chi connectivity index (χ0v) is 5.86. The maximum Gasteiger partial charge on any atom is 0.309 e. The summed E-state index contributed by atoms with van der Waals surface area (Å²) in [5.74, 6) is -0.339. The summed E-state index contributed by atoms with van der Waals surface area (Å²) in [6.07, 6.45) is 6.36. The first kappa shape index (κ1) is 6.61. The van der Waals surface area contributed by atoms with Crippen LogP contribution in [0.1, 0.15) is 6.42 Å². The van der Waals surface area contributed by atoms with Gasteiger partial charge in [-0.3, -0.25) is 4.79 Å². The fourth-order valence-corrected chi connectivity index (χ4v) is 1.36. The molecule has 0 amide bonds. The van der Waals surface area contributed by atoms with E-state index in [1.807, 2.05) is 0 Å². The van der Waals surface area contributed by atoms with Crippen LogP contribution in [-0.4, -0.2) is 22.8 Å². The summed E-state index contributed by atoms with van der Waals surface area (Å²) >= 11 is 0. The van der Waals surface area contributed by atoms with E-state index in [1.165, 1.54) is 0 Å². The quantitative estimate of drug-likeness (QED) is 0.503. The van der Waals surface area contributed by atoms with Crippen molar-refractivity contribution in [3.63, 3.8) is 0 Å². The average molecular weight is 152 g/mol. The SMILES string of the molecule is O=C1C[C@]2(O)C=CC=C[C@@H]2O1. The first-order valence-electron chi connectivity index (χ1n) is 3.49. The normalized spacial score (nSPS) is 40.5. The molecule has 1 N–H and O–H groups in total. The highest BCUT2D eigenvalue weighted by Crippen LogP contribution is 2.31. The van der Waals surface area contributed by atoms with Gasteiger partial charge in [0, 0.05) is 0 Å². The van der Waals surface area contributed by atoms with E-state index in [4.69, 9.17) is 4.74 Å². The predicted molar refractivity (Wildman–Crippen MR) is 37.7 cm³/mol. The van der Waals surface area contributed by atoms with E-state index in [0.29, 0.717) is 0 Å². The molecule has 1 saturated heterocycles. The van der Waals surface area contributed by atoms with Crippen molar-refractivity contribution in [2.75, 3.05) is 0 Å². The van der Waals surface area contributed by atoms with Crippen LogP contribution in [0, 0.1) is 0 Å². The van der Waals surface area contributed by atoms with Crippen molar-refractivity contribution in [3.8, 4) is 0 Å². The first-order chi connectivity index (χ1) is 5.21. The topological polar surface area (TPSA) is 46.5 Å².